The lowest BCUT2D eigenvalue weighted by Gasteiger charge is -2.06. The van der Waals surface area contributed by atoms with E-state index in [1.54, 1.807) is 6.07 Å². The minimum Gasteiger partial charge on any atom is -0.508 e. The lowest BCUT2D eigenvalue weighted by Crippen LogP contribution is -1.89. The molecule has 0 radical (unpaired) electrons. The third-order valence-electron chi connectivity index (χ3n) is 2.36. The molecule has 0 atom stereocenters. The van der Waals surface area contributed by atoms with Crippen LogP contribution < -0.4 is 0 Å². The fourth-order valence-corrected chi connectivity index (χ4v) is 1.87. The quantitative estimate of drug-likeness (QED) is 0.748. The van der Waals surface area contributed by atoms with Crippen molar-refractivity contribution in [2.75, 3.05) is 5.88 Å². The van der Waals surface area contributed by atoms with Crippen molar-refractivity contribution in [3.63, 3.8) is 0 Å². The van der Waals surface area contributed by atoms with Crippen LogP contribution in [-0.4, -0.2) is 11.0 Å². The van der Waals surface area contributed by atoms with Gasteiger partial charge < -0.3 is 5.11 Å². The van der Waals surface area contributed by atoms with Crippen LogP contribution in [0.5, 0.6) is 5.75 Å². The van der Waals surface area contributed by atoms with E-state index in [1.165, 1.54) is 0 Å². The van der Waals surface area contributed by atoms with Gasteiger partial charge in [-0.3, -0.25) is 0 Å². The molecule has 0 amide bonds. The topological polar surface area (TPSA) is 20.2 Å². The molecular weight excluding hydrogens is 196 g/mol. The smallest absolute Gasteiger partial charge is 0.119 e. The summed E-state index contributed by atoms with van der Waals surface area (Å²) in [6.07, 6.45) is 0.703. The van der Waals surface area contributed by atoms with Crippen molar-refractivity contribution in [3.05, 3.63) is 42.0 Å². The van der Waals surface area contributed by atoms with E-state index in [0.29, 0.717) is 18.1 Å². The second kappa shape index (κ2) is 3.89. The molecule has 0 heterocycles. The number of rotatable bonds is 2. The second-order valence-electron chi connectivity index (χ2n) is 3.22. The van der Waals surface area contributed by atoms with Gasteiger partial charge in [-0.15, -0.1) is 11.6 Å². The second-order valence-corrected chi connectivity index (χ2v) is 3.60. The molecule has 2 aromatic rings. The van der Waals surface area contributed by atoms with Crippen molar-refractivity contribution >= 4 is 22.4 Å². The van der Waals surface area contributed by atoms with Crippen LogP contribution in [0, 0.1) is 0 Å². The highest BCUT2D eigenvalue weighted by molar-refractivity contribution is 6.18. The molecule has 0 fully saturated rings. The van der Waals surface area contributed by atoms with E-state index in [9.17, 15) is 5.11 Å². The summed E-state index contributed by atoms with van der Waals surface area (Å²) >= 11 is 5.70. The number of hydrogen-bond donors (Lipinski definition) is 1. The van der Waals surface area contributed by atoms with Crippen LogP contribution in [0.2, 0.25) is 0 Å². The first-order valence-corrected chi connectivity index (χ1v) is 5.12. The largest absolute Gasteiger partial charge is 0.508 e. The first kappa shape index (κ1) is 9.35. The lowest BCUT2D eigenvalue weighted by molar-refractivity contribution is 0.470. The number of phenols is 1. The summed E-state index contributed by atoms with van der Waals surface area (Å²) in [6, 6.07) is 11.7. The van der Waals surface area contributed by atoms with Crippen LogP contribution in [0.15, 0.2) is 36.4 Å². The van der Waals surface area contributed by atoms with Crippen LogP contribution in [0.3, 0.4) is 0 Å². The van der Waals surface area contributed by atoms with Gasteiger partial charge in [0.15, 0.2) is 0 Å². The number of halogens is 1. The minimum atomic E-state index is 0.337. The fraction of sp³-hybridized carbons (Fsp3) is 0.167. The van der Waals surface area contributed by atoms with Gasteiger partial charge in [-0.05, 0) is 23.3 Å². The molecule has 0 saturated heterocycles. The first-order chi connectivity index (χ1) is 6.83. The van der Waals surface area contributed by atoms with Gasteiger partial charge in [-0.1, -0.05) is 30.3 Å². The van der Waals surface area contributed by atoms with Crippen molar-refractivity contribution in [3.8, 4) is 5.75 Å². The molecule has 0 aromatic heterocycles. The van der Waals surface area contributed by atoms with Crippen LogP contribution in [0.4, 0.5) is 0 Å². The number of benzene rings is 2. The third kappa shape index (κ3) is 1.55. The maximum atomic E-state index is 9.68. The predicted octanol–water partition coefficient (Wildman–Crippen LogP) is 3.33. The highest BCUT2D eigenvalue weighted by atomic mass is 35.5. The molecule has 0 unspecified atom stereocenters. The molecule has 2 aromatic carbocycles. The Balaban J connectivity index is 2.69. The van der Waals surface area contributed by atoms with E-state index >= 15 is 0 Å². The number of alkyl halides is 1. The van der Waals surface area contributed by atoms with Crippen molar-refractivity contribution in [2.24, 2.45) is 0 Å². The average molecular weight is 207 g/mol. The van der Waals surface area contributed by atoms with E-state index in [2.05, 4.69) is 0 Å². The number of phenolic OH excluding ortho intramolecular Hbond substituents is 1. The molecule has 0 saturated carbocycles. The number of fused-ring (bicyclic) bond motifs is 1. The highest BCUT2D eigenvalue weighted by Gasteiger charge is 2.04. The molecule has 0 aliphatic rings. The Morgan fingerprint density at radius 1 is 1.07 bits per heavy atom. The fourth-order valence-electron chi connectivity index (χ4n) is 1.68. The van der Waals surface area contributed by atoms with E-state index in [4.69, 9.17) is 11.6 Å². The molecule has 0 aliphatic heterocycles. The van der Waals surface area contributed by atoms with Gasteiger partial charge in [0, 0.05) is 11.4 Å². The summed E-state index contributed by atoms with van der Waals surface area (Å²) in [6.45, 7) is 0. The molecule has 0 bridgehead atoms. The normalized spacial score (nSPS) is 10.6. The summed E-state index contributed by atoms with van der Waals surface area (Å²) < 4.78 is 0. The van der Waals surface area contributed by atoms with Crippen LogP contribution in [0.1, 0.15) is 5.56 Å². The molecule has 72 valence electrons. The van der Waals surface area contributed by atoms with E-state index in [1.807, 2.05) is 30.3 Å². The molecule has 1 nitrogen and oxygen atoms in total. The molecule has 2 rings (SSSR count). The van der Waals surface area contributed by atoms with Crippen LogP contribution in [-0.2, 0) is 6.42 Å². The average Bonchev–Trinajstić information content (AvgIpc) is 2.23. The van der Waals surface area contributed by atoms with E-state index < -0.39 is 0 Å². The lowest BCUT2D eigenvalue weighted by atomic mass is 10.0. The van der Waals surface area contributed by atoms with Crippen LogP contribution in [0.25, 0.3) is 10.8 Å². The van der Waals surface area contributed by atoms with Crippen molar-refractivity contribution in [2.45, 2.75) is 6.42 Å². The van der Waals surface area contributed by atoms with E-state index in [-0.39, 0.29) is 0 Å². The van der Waals surface area contributed by atoms with Gasteiger partial charge >= 0.3 is 0 Å². The van der Waals surface area contributed by atoms with Gasteiger partial charge in [-0.25, -0.2) is 0 Å². The summed E-state index contributed by atoms with van der Waals surface area (Å²) in [4.78, 5) is 0. The number of aromatic hydroxyl groups is 1. The number of aryl methyl sites for hydroxylation is 1. The Hall–Kier alpha value is -1.21. The third-order valence-corrected chi connectivity index (χ3v) is 2.55. The summed E-state index contributed by atoms with van der Waals surface area (Å²) in [5, 5.41) is 11.9. The monoisotopic (exact) mass is 206 g/mol. The maximum Gasteiger partial charge on any atom is 0.119 e. The molecule has 14 heavy (non-hydrogen) atoms. The summed E-state index contributed by atoms with van der Waals surface area (Å²) in [5.41, 5.74) is 0.943. The van der Waals surface area contributed by atoms with Gasteiger partial charge in [-0.2, -0.15) is 0 Å². The zero-order chi connectivity index (χ0) is 9.97. The standard InChI is InChI=1S/C12H11ClO/c13-8-7-11-10-4-2-1-3-9(10)5-6-12(11)14/h1-6,14H,7-8H2. The van der Waals surface area contributed by atoms with Crippen molar-refractivity contribution in [1.29, 1.82) is 0 Å². The zero-order valence-electron chi connectivity index (χ0n) is 7.70. The maximum absolute atomic E-state index is 9.68. The van der Waals surface area contributed by atoms with Gasteiger partial charge in [0.05, 0.1) is 0 Å². The molecule has 2 heteroatoms. The van der Waals surface area contributed by atoms with Gasteiger partial charge in [0.1, 0.15) is 5.75 Å². The highest BCUT2D eigenvalue weighted by Crippen LogP contribution is 2.27. The Morgan fingerprint density at radius 3 is 2.64 bits per heavy atom. The van der Waals surface area contributed by atoms with E-state index in [0.717, 1.165) is 16.3 Å². The van der Waals surface area contributed by atoms with Crippen molar-refractivity contribution < 1.29 is 5.11 Å². The molecular formula is C12H11ClO. The van der Waals surface area contributed by atoms with Crippen molar-refractivity contribution in [1.82, 2.24) is 0 Å². The minimum absolute atomic E-state index is 0.337. The molecule has 0 spiro atoms. The Kier molecular flexibility index (Phi) is 2.60. The predicted molar refractivity (Wildman–Crippen MR) is 60.0 cm³/mol. The molecule has 0 aliphatic carbocycles. The Bertz CT molecular complexity index is 451. The SMILES string of the molecule is Oc1ccc2ccccc2c1CCCl. The van der Waals surface area contributed by atoms with Crippen LogP contribution >= 0.6 is 11.6 Å². The Labute approximate surface area is 87.9 Å². The molecule has 1 N–H and O–H groups in total. The van der Waals surface area contributed by atoms with Gasteiger partial charge in [0.25, 0.3) is 0 Å². The van der Waals surface area contributed by atoms with Gasteiger partial charge in [0.2, 0.25) is 0 Å². The Morgan fingerprint density at radius 2 is 1.86 bits per heavy atom. The number of hydrogen-bond acceptors (Lipinski definition) is 1. The zero-order valence-corrected chi connectivity index (χ0v) is 8.46. The summed E-state index contributed by atoms with van der Waals surface area (Å²) in [7, 11) is 0. The summed E-state index contributed by atoms with van der Waals surface area (Å²) in [5.74, 6) is 0.867. The first-order valence-electron chi connectivity index (χ1n) is 4.58.